The van der Waals surface area contributed by atoms with Gasteiger partial charge in [0.1, 0.15) is 0 Å². The molecule has 0 saturated carbocycles. The van der Waals surface area contributed by atoms with E-state index in [9.17, 15) is 127 Å². The summed E-state index contributed by atoms with van der Waals surface area (Å²) in [6.07, 6.45) is -40.7. The van der Waals surface area contributed by atoms with E-state index in [1.54, 1.807) is 0 Å². The number of alkyl halides is 27. The molecule has 0 rings (SSSR count). The fourth-order valence-electron chi connectivity index (χ4n) is 2.08. The molecule has 0 aliphatic heterocycles. The second kappa shape index (κ2) is 10.7. The molecule has 0 radical (unpaired) electrons. The summed E-state index contributed by atoms with van der Waals surface area (Å²) >= 11 is 0. The van der Waals surface area contributed by atoms with Gasteiger partial charge in [-0.25, -0.2) is 9.47 Å². The Bertz CT molecular complexity index is 1230. The smallest absolute Gasteiger partial charge is 0.281 e. The quantitative estimate of drug-likeness (QED) is 0.144. The van der Waals surface area contributed by atoms with E-state index in [1.807, 2.05) is 0 Å². The van der Waals surface area contributed by atoms with Gasteiger partial charge in [-0.05, 0) is 0 Å². The number of halogens is 27. The molecule has 278 valence electrons. The van der Waals surface area contributed by atoms with Crippen molar-refractivity contribution in [3.63, 3.8) is 0 Å². The van der Waals surface area contributed by atoms with E-state index in [0.717, 1.165) is 9.47 Å². The van der Waals surface area contributed by atoms with Crippen molar-refractivity contribution in [2.75, 3.05) is 0 Å². The SMILES string of the molecule is O=S(=O)(O)C(F)(F)C(F)(F)C(F)(F)C(F)(F)C(F)(F)C(F)(F)C(F)(F)C(F)(F)C(F)(F)OC(F)(F)C(F)(F)OC(F)(F)C(F)(F)F. The van der Waals surface area contributed by atoms with Crippen LogP contribution in [0.3, 0.4) is 0 Å². The average molecular weight is 782 g/mol. The minimum absolute atomic E-state index is 0.797. The van der Waals surface area contributed by atoms with Gasteiger partial charge < -0.3 is 0 Å². The van der Waals surface area contributed by atoms with Crippen LogP contribution in [-0.2, 0) is 19.6 Å². The van der Waals surface area contributed by atoms with Crippen LogP contribution in [0.1, 0.15) is 0 Å². The molecule has 0 aromatic rings. The molecule has 33 heteroatoms. The molecule has 0 atom stereocenters. The van der Waals surface area contributed by atoms with Gasteiger partial charge in [0.25, 0.3) is 0 Å². The Morgan fingerprint density at radius 3 is 0.783 bits per heavy atom. The van der Waals surface area contributed by atoms with Crippen molar-refractivity contribution < 1.29 is 141 Å². The highest BCUT2D eigenvalue weighted by Crippen LogP contribution is 2.66. The van der Waals surface area contributed by atoms with Crippen LogP contribution in [0, 0.1) is 0 Å². The molecule has 0 bridgehead atoms. The van der Waals surface area contributed by atoms with Crippen LogP contribution in [0.5, 0.6) is 0 Å². The molecule has 0 aliphatic carbocycles. The zero-order valence-electron chi connectivity index (χ0n) is 19.2. The predicted octanol–water partition coefficient (Wildman–Crippen LogP) is 7.88. The minimum atomic E-state index is -9.70. The maximum atomic E-state index is 13.6. The lowest BCUT2D eigenvalue weighted by Crippen LogP contribution is -2.76. The van der Waals surface area contributed by atoms with Gasteiger partial charge in [-0.3, -0.25) is 4.55 Å². The summed E-state index contributed by atoms with van der Waals surface area (Å²) < 4.78 is 384. The molecule has 0 aromatic heterocycles. The highest BCUT2D eigenvalue weighted by molar-refractivity contribution is 7.87. The first-order valence-corrected chi connectivity index (χ1v) is 10.6. The lowest BCUT2D eigenvalue weighted by Gasteiger charge is -2.44. The van der Waals surface area contributed by atoms with Gasteiger partial charge in [-0.1, -0.05) is 0 Å². The van der Waals surface area contributed by atoms with Crippen LogP contribution in [-0.4, -0.2) is 90.3 Å². The highest BCUT2D eigenvalue weighted by atomic mass is 32.2. The van der Waals surface area contributed by atoms with Crippen molar-refractivity contribution in [1.82, 2.24) is 0 Å². The molecule has 0 heterocycles. The van der Waals surface area contributed by atoms with Gasteiger partial charge in [-0.2, -0.15) is 127 Å². The number of ether oxygens (including phenoxy) is 2. The first-order valence-electron chi connectivity index (χ1n) is 9.14. The van der Waals surface area contributed by atoms with Gasteiger partial charge in [0.2, 0.25) is 0 Å². The Balaban J connectivity index is 7.14. The Kier molecular flexibility index (Phi) is 10.2. The summed E-state index contributed by atoms with van der Waals surface area (Å²) in [6.45, 7) is 0. The monoisotopic (exact) mass is 782 g/mol. The average Bonchev–Trinajstić information content (AvgIpc) is 2.74. The lowest BCUT2D eigenvalue weighted by molar-refractivity contribution is -0.557. The van der Waals surface area contributed by atoms with Gasteiger partial charge in [0.15, 0.2) is 0 Å². The minimum Gasteiger partial charge on any atom is -0.281 e. The summed E-state index contributed by atoms with van der Waals surface area (Å²) in [7, 11) is -8.27. The van der Waals surface area contributed by atoms with Crippen LogP contribution < -0.4 is 0 Å². The molecular formula is C13HF27O5S. The zero-order valence-corrected chi connectivity index (χ0v) is 20.0. The van der Waals surface area contributed by atoms with Gasteiger partial charge >= 0.3 is 87.4 Å². The third-order valence-electron chi connectivity index (χ3n) is 4.60. The van der Waals surface area contributed by atoms with Gasteiger partial charge in [-0.15, -0.1) is 0 Å². The van der Waals surface area contributed by atoms with Crippen molar-refractivity contribution >= 4 is 10.1 Å². The van der Waals surface area contributed by atoms with Crippen molar-refractivity contribution in [2.24, 2.45) is 0 Å². The lowest BCUT2D eigenvalue weighted by atomic mass is 9.89. The van der Waals surface area contributed by atoms with E-state index in [0.29, 0.717) is 0 Å². The maximum absolute atomic E-state index is 13.6. The topological polar surface area (TPSA) is 72.8 Å². The third-order valence-corrected chi connectivity index (χ3v) is 5.51. The molecule has 0 spiro atoms. The Labute approximate surface area is 229 Å². The Morgan fingerprint density at radius 1 is 0.326 bits per heavy atom. The molecule has 5 nitrogen and oxygen atoms in total. The van der Waals surface area contributed by atoms with Gasteiger partial charge in [0, 0.05) is 0 Å². The Hall–Kier alpha value is -2.06. The maximum Gasteiger partial charge on any atom is 0.483 e. The van der Waals surface area contributed by atoms with E-state index in [4.69, 9.17) is 4.55 Å². The first-order chi connectivity index (χ1) is 19.2. The fraction of sp³-hybridized carbons (Fsp3) is 1.00. The van der Waals surface area contributed by atoms with E-state index < -0.39 is 87.4 Å². The van der Waals surface area contributed by atoms with E-state index in [2.05, 4.69) is 0 Å². The molecule has 0 saturated heterocycles. The summed E-state index contributed by atoms with van der Waals surface area (Å²) in [5.41, 5.74) is 0. The van der Waals surface area contributed by atoms with E-state index in [1.165, 1.54) is 0 Å². The predicted molar refractivity (Wildman–Crippen MR) is 79.1 cm³/mol. The summed E-state index contributed by atoms with van der Waals surface area (Å²) in [5.74, 6) is -66.2. The number of rotatable bonds is 14. The molecule has 46 heavy (non-hydrogen) atoms. The summed E-state index contributed by atoms with van der Waals surface area (Å²) in [5, 5.41) is -8.24. The molecule has 0 amide bonds. The van der Waals surface area contributed by atoms with Crippen LogP contribution in [0.2, 0.25) is 0 Å². The van der Waals surface area contributed by atoms with Crippen LogP contribution in [0.4, 0.5) is 119 Å². The normalized spacial score (nSPS) is 17.0. The largest absolute Gasteiger partial charge is 0.483 e. The fourth-order valence-corrected chi connectivity index (χ4v) is 2.53. The number of hydrogen-bond donors (Lipinski definition) is 1. The van der Waals surface area contributed by atoms with Crippen molar-refractivity contribution in [2.45, 2.75) is 77.3 Å². The molecule has 0 aromatic carbocycles. The molecule has 0 unspecified atom stereocenters. The van der Waals surface area contributed by atoms with Crippen LogP contribution in [0.25, 0.3) is 0 Å². The number of hydrogen-bond acceptors (Lipinski definition) is 4. The molecular weight excluding hydrogens is 781 g/mol. The second-order valence-electron chi connectivity index (χ2n) is 7.78. The van der Waals surface area contributed by atoms with Crippen LogP contribution in [0.15, 0.2) is 0 Å². The molecule has 0 fully saturated rings. The zero-order chi connectivity index (χ0) is 38.4. The first kappa shape index (κ1) is 43.9. The summed E-state index contributed by atoms with van der Waals surface area (Å²) in [4.78, 5) is 0. The summed E-state index contributed by atoms with van der Waals surface area (Å²) in [6, 6.07) is 0. The van der Waals surface area contributed by atoms with Crippen molar-refractivity contribution in [3.8, 4) is 0 Å². The standard InChI is InChI=1S/C13HF27O5S/c14-1(15,3(18,19)5(22,23)7(26,27)13(39,40)46(41,42)43)2(16,17)4(20,21)6(24,25)9(31,32)44-11(35,36)12(37,38)45-10(33,34)8(28,29)30/h(H,41,42,43). The third kappa shape index (κ3) is 5.92. The second-order valence-corrected chi connectivity index (χ2v) is 9.24. The Morgan fingerprint density at radius 2 is 0.543 bits per heavy atom. The van der Waals surface area contributed by atoms with Crippen LogP contribution >= 0.6 is 0 Å². The van der Waals surface area contributed by atoms with Crippen molar-refractivity contribution in [1.29, 1.82) is 0 Å². The molecule has 0 aliphatic rings. The molecule has 1 N–H and O–H groups in total. The van der Waals surface area contributed by atoms with Crippen molar-refractivity contribution in [3.05, 3.63) is 0 Å². The van der Waals surface area contributed by atoms with E-state index >= 15 is 0 Å². The highest BCUT2D eigenvalue weighted by Gasteiger charge is 2.98. The van der Waals surface area contributed by atoms with Gasteiger partial charge in [0.05, 0.1) is 0 Å². The van der Waals surface area contributed by atoms with E-state index in [-0.39, 0.29) is 0 Å².